The Morgan fingerprint density at radius 2 is 1.84 bits per heavy atom. The number of carbonyl (C=O) groups is 1. The van der Waals surface area contributed by atoms with Crippen LogP contribution in [0.2, 0.25) is 0 Å². The van der Waals surface area contributed by atoms with Crippen molar-refractivity contribution in [1.29, 1.82) is 0 Å². The standard InChI is InChI=1S/C25H26N4O3/c1-16-9-11-18(12-10-16)17(2)26-22(30)15-32-23-14-13-20-24(28-29(3)25(20)27-23)19-7-5-6-8-21(19)31-4/h5-14,17H,15H2,1-4H3,(H,26,30). The van der Waals surface area contributed by atoms with Gasteiger partial charge in [0.05, 0.1) is 13.2 Å². The molecule has 2 aromatic carbocycles. The Kier molecular flexibility index (Phi) is 6.07. The van der Waals surface area contributed by atoms with Crippen molar-refractivity contribution >= 4 is 16.9 Å². The minimum Gasteiger partial charge on any atom is -0.496 e. The molecule has 1 N–H and O–H groups in total. The van der Waals surface area contributed by atoms with E-state index in [1.54, 1.807) is 17.9 Å². The molecule has 0 aliphatic carbocycles. The summed E-state index contributed by atoms with van der Waals surface area (Å²) in [6, 6.07) is 19.4. The van der Waals surface area contributed by atoms with Gasteiger partial charge >= 0.3 is 0 Å². The first-order valence-corrected chi connectivity index (χ1v) is 10.4. The number of nitrogens with zero attached hydrogens (tertiary/aromatic N) is 3. The fourth-order valence-corrected chi connectivity index (χ4v) is 3.59. The molecule has 0 bridgehead atoms. The predicted octanol–water partition coefficient (Wildman–Crippen LogP) is 4.21. The number of para-hydroxylation sites is 1. The third-order valence-electron chi connectivity index (χ3n) is 5.33. The molecular weight excluding hydrogens is 404 g/mol. The van der Waals surface area contributed by atoms with E-state index >= 15 is 0 Å². The van der Waals surface area contributed by atoms with Crippen LogP contribution in [0.5, 0.6) is 11.6 Å². The Balaban J connectivity index is 1.47. The van der Waals surface area contributed by atoms with Gasteiger partial charge < -0.3 is 14.8 Å². The molecule has 0 radical (unpaired) electrons. The molecule has 7 heteroatoms. The summed E-state index contributed by atoms with van der Waals surface area (Å²) in [7, 11) is 3.47. The largest absolute Gasteiger partial charge is 0.496 e. The second kappa shape index (κ2) is 9.09. The van der Waals surface area contributed by atoms with Crippen LogP contribution in [0.15, 0.2) is 60.7 Å². The van der Waals surface area contributed by atoms with Crippen molar-refractivity contribution in [1.82, 2.24) is 20.1 Å². The third-order valence-corrected chi connectivity index (χ3v) is 5.33. The normalized spacial score (nSPS) is 11.9. The van der Waals surface area contributed by atoms with Crippen LogP contribution in [0.3, 0.4) is 0 Å². The molecule has 1 atom stereocenters. The lowest BCUT2D eigenvalue weighted by Crippen LogP contribution is -2.31. The number of benzene rings is 2. The maximum atomic E-state index is 12.4. The van der Waals surface area contributed by atoms with E-state index in [0.717, 1.165) is 28.0 Å². The molecule has 164 valence electrons. The van der Waals surface area contributed by atoms with Gasteiger partial charge in [-0.3, -0.25) is 4.79 Å². The smallest absolute Gasteiger partial charge is 0.258 e. The summed E-state index contributed by atoms with van der Waals surface area (Å²) in [6.07, 6.45) is 0. The molecule has 4 aromatic rings. The molecule has 32 heavy (non-hydrogen) atoms. The lowest BCUT2D eigenvalue weighted by atomic mass is 10.1. The molecule has 2 aromatic heterocycles. The summed E-state index contributed by atoms with van der Waals surface area (Å²) in [5.74, 6) is 0.900. The van der Waals surface area contributed by atoms with Crippen LogP contribution in [0.4, 0.5) is 0 Å². The summed E-state index contributed by atoms with van der Waals surface area (Å²) >= 11 is 0. The SMILES string of the molecule is COc1ccccc1-c1nn(C)c2nc(OCC(=O)NC(C)c3ccc(C)cc3)ccc12. The maximum Gasteiger partial charge on any atom is 0.258 e. The Bertz CT molecular complexity index is 1250. The molecule has 4 rings (SSSR count). The molecule has 0 saturated carbocycles. The lowest BCUT2D eigenvalue weighted by molar-refractivity contribution is -0.123. The van der Waals surface area contributed by atoms with E-state index < -0.39 is 0 Å². The summed E-state index contributed by atoms with van der Waals surface area (Å²) in [5, 5.41) is 8.45. The van der Waals surface area contributed by atoms with Crippen LogP contribution in [0.1, 0.15) is 24.1 Å². The number of methoxy groups -OCH3 is 1. The van der Waals surface area contributed by atoms with Crippen molar-refractivity contribution in [2.75, 3.05) is 13.7 Å². The number of rotatable bonds is 7. The quantitative estimate of drug-likeness (QED) is 0.475. The van der Waals surface area contributed by atoms with Gasteiger partial charge in [0, 0.05) is 24.1 Å². The van der Waals surface area contributed by atoms with Crippen molar-refractivity contribution in [3.05, 3.63) is 71.8 Å². The summed E-state index contributed by atoms with van der Waals surface area (Å²) in [6.45, 7) is 3.86. The zero-order valence-electron chi connectivity index (χ0n) is 18.6. The van der Waals surface area contributed by atoms with E-state index in [0.29, 0.717) is 11.5 Å². The van der Waals surface area contributed by atoms with Gasteiger partial charge in [-0.05, 0) is 37.6 Å². The number of hydrogen-bond acceptors (Lipinski definition) is 5. The van der Waals surface area contributed by atoms with E-state index in [1.807, 2.05) is 75.5 Å². The average Bonchev–Trinajstić information content (AvgIpc) is 3.13. The molecule has 7 nitrogen and oxygen atoms in total. The van der Waals surface area contributed by atoms with Crippen LogP contribution >= 0.6 is 0 Å². The van der Waals surface area contributed by atoms with Gasteiger partial charge in [-0.1, -0.05) is 42.0 Å². The number of carbonyl (C=O) groups excluding carboxylic acids is 1. The molecule has 0 fully saturated rings. The number of amides is 1. The van der Waals surface area contributed by atoms with E-state index in [-0.39, 0.29) is 18.6 Å². The number of hydrogen-bond donors (Lipinski definition) is 1. The minimum absolute atomic E-state index is 0.109. The highest BCUT2D eigenvalue weighted by atomic mass is 16.5. The highest BCUT2D eigenvalue weighted by Gasteiger charge is 2.17. The molecule has 2 heterocycles. The van der Waals surface area contributed by atoms with Crippen LogP contribution in [0, 0.1) is 6.92 Å². The second-order valence-corrected chi connectivity index (χ2v) is 7.68. The van der Waals surface area contributed by atoms with Crippen LogP contribution in [-0.2, 0) is 11.8 Å². The Morgan fingerprint density at radius 3 is 2.59 bits per heavy atom. The predicted molar refractivity (Wildman–Crippen MR) is 124 cm³/mol. The van der Waals surface area contributed by atoms with Gasteiger partial charge in [0.25, 0.3) is 5.91 Å². The van der Waals surface area contributed by atoms with Crippen LogP contribution < -0.4 is 14.8 Å². The molecule has 1 unspecified atom stereocenters. The Morgan fingerprint density at radius 1 is 1.09 bits per heavy atom. The van der Waals surface area contributed by atoms with Crippen molar-refractivity contribution in [2.24, 2.45) is 7.05 Å². The zero-order valence-corrected chi connectivity index (χ0v) is 18.6. The first kappa shape index (κ1) is 21.4. The number of aromatic nitrogens is 3. The van der Waals surface area contributed by atoms with Crippen LogP contribution in [-0.4, -0.2) is 34.4 Å². The van der Waals surface area contributed by atoms with E-state index in [9.17, 15) is 4.79 Å². The topological polar surface area (TPSA) is 78.3 Å². The molecule has 0 aliphatic rings. The summed E-state index contributed by atoms with van der Waals surface area (Å²) in [4.78, 5) is 16.9. The Hall–Kier alpha value is -3.87. The number of fused-ring (bicyclic) bond motifs is 1. The first-order chi connectivity index (χ1) is 15.5. The number of pyridine rings is 1. The van der Waals surface area contributed by atoms with Gasteiger partial charge in [-0.15, -0.1) is 0 Å². The van der Waals surface area contributed by atoms with E-state index in [4.69, 9.17) is 9.47 Å². The summed E-state index contributed by atoms with van der Waals surface area (Å²) < 4.78 is 12.8. The number of aryl methyl sites for hydroxylation is 2. The fourth-order valence-electron chi connectivity index (χ4n) is 3.59. The molecule has 0 spiro atoms. The zero-order chi connectivity index (χ0) is 22.7. The molecule has 0 aliphatic heterocycles. The number of nitrogens with one attached hydrogen (secondary N) is 1. The van der Waals surface area contributed by atoms with Gasteiger partial charge in [-0.2, -0.15) is 10.1 Å². The highest BCUT2D eigenvalue weighted by molar-refractivity contribution is 5.93. The Labute approximate surface area is 187 Å². The van der Waals surface area contributed by atoms with Gasteiger partial charge in [-0.25, -0.2) is 4.68 Å². The fraction of sp³-hybridized carbons (Fsp3) is 0.240. The van der Waals surface area contributed by atoms with Gasteiger partial charge in [0.1, 0.15) is 11.4 Å². The van der Waals surface area contributed by atoms with Crippen molar-refractivity contribution in [3.8, 4) is 22.9 Å². The van der Waals surface area contributed by atoms with Crippen molar-refractivity contribution in [3.63, 3.8) is 0 Å². The van der Waals surface area contributed by atoms with Crippen molar-refractivity contribution in [2.45, 2.75) is 19.9 Å². The van der Waals surface area contributed by atoms with E-state index in [2.05, 4.69) is 15.4 Å². The van der Waals surface area contributed by atoms with E-state index in [1.165, 1.54) is 5.56 Å². The highest BCUT2D eigenvalue weighted by Crippen LogP contribution is 2.34. The monoisotopic (exact) mass is 430 g/mol. The maximum absolute atomic E-state index is 12.4. The minimum atomic E-state index is -0.209. The van der Waals surface area contributed by atoms with Gasteiger partial charge in [0.2, 0.25) is 5.88 Å². The average molecular weight is 431 g/mol. The third kappa shape index (κ3) is 4.42. The number of ether oxygens (including phenoxy) is 2. The summed E-state index contributed by atoms with van der Waals surface area (Å²) in [5.41, 5.74) is 4.56. The first-order valence-electron chi connectivity index (χ1n) is 10.4. The molecule has 0 saturated heterocycles. The van der Waals surface area contributed by atoms with Crippen LogP contribution in [0.25, 0.3) is 22.3 Å². The van der Waals surface area contributed by atoms with Gasteiger partial charge in [0.15, 0.2) is 12.3 Å². The molecule has 1 amide bonds. The lowest BCUT2D eigenvalue weighted by Gasteiger charge is -2.15. The molecular formula is C25H26N4O3. The van der Waals surface area contributed by atoms with Crippen molar-refractivity contribution < 1.29 is 14.3 Å². The second-order valence-electron chi connectivity index (χ2n) is 7.68.